The van der Waals surface area contributed by atoms with Gasteiger partial charge in [0, 0.05) is 29.9 Å². The van der Waals surface area contributed by atoms with Gasteiger partial charge in [-0.2, -0.15) is 0 Å². The van der Waals surface area contributed by atoms with E-state index in [0.717, 1.165) is 22.9 Å². The molecule has 1 radical (unpaired) electrons. The number of benzene rings is 2. The van der Waals surface area contributed by atoms with Gasteiger partial charge in [0.15, 0.2) is 0 Å². The molecule has 0 saturated carbocycles. The van der Waals surface area contributed by atoms with E-state index < -0.39 is 11.9 Å². The summed E-state index contributed by atoms with van der Waals surface area (Å²) in [7, 11) is 0. The average molecular weight is 348 g/mol. The van der Waals surface area contributed by atoms with Gasteiger partial charge in [-0.3, -0.25) is 9.59 Å². The van der Waals surface area contributed by atoms with Gasteiger partial charge in [-0.25, -0.2) is 0 Å². The quantitative estimate of drug-likeness (QED) is 0.584. The first-order valence-electron chi connectivity index (χ1n) is 8.65. The smallest absolute Gasteiger partial charge is 0.240 e. The van der Waals surface area contributed by atoms with Gasteiger partial charge in [0.25, 0.3) is 0 Å². The highest BCUT2D eigenvalue weighted by molar-refractivity contribution is 5.91. The number of carbonyl (C=O) groups is 2. The van der Waals surface area contributed by atoms with Crippen molar-refractivity contribution in [3.63, 3.8) is 0 Å². The van der Waals surface area contributed by atoms with E-state index in [2.05, 4.69) is 10.3 Å². The largest absolute Gasteiger partial charge is 0.368 e. The van der Waals surface area contributed by atoms with Crippen LogP contribution in [0.3, 0.4) is 0 Å². The van der Waals surface area contributed by atoms with E-state index in [9.17, 15) is 9.59 Å². The first-order chi connectivity index (χ1) is 12.6. The van der Waals surface area contributed by atoms with E-state index in [-0.39, 0.29) is 5.91 Å². The molecule has 133 valence electrons. The Kier molecular flexibility index (Phi) is 5.69. The maximum absolute atomic E-state index is 12.2. The summed E-state index contributed by atoms with van der Waals surface area (Å²) in [4.78, 5) is 27.1. The molecule has 4 N–H and O–H groups in total. The molecule has 3 aromatic rings. The predicted octanol–water partition coefficient (Wildman–Crippen LogP) is 2.52. The highest BCUT2D eigenvalue weighted by Gasteiger charge is 2.20. The molecular formula is C21H22N3O2. The molecule has 5 heteroatoms. The highest BCUT2D eigenvalue weighted by Crippen LogP contribution is 2.19. The van der Waals surface area contributed by atoms with Crippen LogP contribution in [0.25, 0.3) is 10.9 Å². The normalized spacial score (nSPS) is 12.0. The number of para-hydroxylation sites is 1. The predicted molar refractivity (Wildman–Crippen MR) is 102 cm³/mol. The molecule has 1 aromatic heterocycles. The van der Waals surface area contributed by atoms with Gasteiger partial charge < -0.3 is 16.0 Å². The molecule has 5 nitrogen and oxygen atoms in total. The third-order valence-corrected chi connectivity index (χ3v) is 4.36. The van der Waals surface area contributed by atoms with Crippen molar-refractivity contribution in [3.05, 3.63) is 78.3 Å². The van der Waals surface area contributed by atoms with Crippen LogP contribution in [0.15, 0.2) is 60.8 Å². The maximum Gasteiger partial charge on any atom is 0.240 e. The number of aromatic amines is 1. The number of amides is 2. The van der Waals surface area contributed by atoms with Gasteiger partial charge in [-0.05, 0) is 30.0 Å². The number of primary amides is 1. The lowest BCUT2D eigenvalue weighted by molar-refractivity contribution is -0.125. The summed E-state index contributed by atoms with van der Waals surface area (Å²) >= 11 is 0. The monoisotopic (exact) mass is 348 g/mol. The molecular weight excluding hydrogens is 326 g/mol. The third kappa shape index (κ3) is 4.51. The third-order valence-electron chi connectivity index (χ3n) is 4.36. The zero-order valence-corrected chi connectivity index (χ0v) is 14.4. The summed E-state index contributed by atoms with van der Waals surface area (Å²) in [6.45, 7) is 0. The standard InChI is InChI=1S/C21H22N3O2/c22-21(26)19(13-16-14-23-18-11-5-4-10-17(16)18)24-20(25)12-6-9-15-7-2-1-3-8-15/h1-5,7-8,10-12,14,19,23H,6,9,13H2,(H2,22,26)(H,24,25)/t19-/m0/s1. The molecule has 0 aliphatic heterocycles. The van der Waals surface area contributed by atoms with Crippen LogP contribution in [0, 0.1) is 6.42 Å². The van der Waals surface area contributed by atoms with E-state index in [0.29, 0.717) is 12.8 Å². The van der Waals surface area contributed by atoms with Crippen LogP contribution in [-0.2, 0) is 22.4 Å². The zero-order chi connectivity index (χ0) is 18.4. The Balaban J connectivity index is 1.56. The van der Waals surface area contributed by atoms with Crippen LogP contribution >= 0.6 is 0 Å². The van der Waals surface area contributed by atoms with Crippen LogP contribution in [0.2, 0.25) is 0 Å². The van der Waals surface area contributed by atoms with Gasteiger partial charge in [-0.15, -0.1) is 0 Å². The Hall–Kier alpha value is -3.08. The summed E-state index contributed by atoms with van der Waals surface area (Å²) < 4.78 is 0. The van der Waals surface area contributed by atoms with E-state index in [4.69, 9.17) is 5.73 Å². The van der Waals surface area contributed by atoms with E-state index in [1.165, 1.54) is 5.56 Å². The average Bonchev–Trinajstić information content (AvgIpc) is 3.05. The summed E-state index contributed by atoms with van der Waals surface area (Å²) in [6.07, 6.45) is 5.16. The molecule has 0 unspecified atom stereocenters. The minimum Gasteiger partial charge on any atom is -0.368 e. The number of hydrogen-bond acceptors (Lipinski definition) is 2. The number of carbonyl (C=O) groups excluding carboxylic acids is 2. The van der Waals surface area contributed by atoms with Crippen molar-refractivity contribution in [2.75, 3.05) is 0 Å². The zero-order valence-electron chi connectivity index (χ0n) is 14.4. The summed E-state index contributed by atoms with van der Waals surface area (Å²) in [6, 6.07) is 17.0. The molecule has 3 rings (SSSR count). The molecule has 0 saturated heterocycles. The second kappa shape index (κ2) is 8.34. The topological polar surface area (TPSA) is 88.0 Å². The number of H-pyrrole nitrogens is 1. The van der Waals surface area contributed by atoms with Crippen LogP contribution < -0.4 is 11.1 Å². The van der Waals surface area contributed by atoms with Gasteiger partial charge in [-0.1, -0.05) is 48.5 Å². The molecule has 1 heterocycles. The Morgan fingerprint density at radius 1 is 1.08 bits per heavy atom. The Morgan fingerprint density at radius 2 is 1.81 bits per heavy atom. The van der Waals surface area contributed by atoms with Crippen molar-refractivity contribution in [2.24, 2.45) is 5.73 Å². The van der Waals surface area contributed by atoms with Crippen LogP contribution in [0.1, 0.15) is 17.5 Å². The second-order valence-electron chi connectivity index (χ2n) is 6.26. The van der Waals surface area contributed by atoms with E-state index in [1.807, 2.05) is 60.8 Å². The Labute approximate surface area is 152 Å². The van der Waals surface area contributed by atoms with Crippen molar-refractivity contribution >= 4 is 22.7 Å². The summed E-state index contributed by atoms with van der Waals surface area (Å²) in [5, 5.41) is 3.75. The fraction of sp³-hybridized carbons (Fsp3) is 0.190. The second-order valence-corrected chi connectivity index (χ2v) is 6.26. The number of fused-ring (bicyclic) bond motifs is 1. The van der Waals surface area contributed by atoms with Crippen molar-refractivity contribution in [2.45, 2.75) is 25.3 Å². The minimum atomic E-state index is -0.741. The lowest BCUT2D eigenvalue weighted by Gasteiger charge is -2.15. The Bertz CT molecular complexity index is 886. The van der Waals surface area contributed by atoms with Crippen molar-refractivity contribution in [1.29, 1.82) is 0 Å². The molecule has 0 bridgehead atoms. The van der Waals surface area contributed by atoms with E-state index >= 15 is 0 Å². The molecule has 0 fully saturated rings. The summed E-state index contributed by atoms with van der Waals surface area (Å²) in [5.74, 6) is -0.815. The first-order valence-corrected chi connectivity index (χ1v) is 8.65. The first kappa shape index (κ1) is 17.7. The summed E-state index contributed by atoms with van der Waals surface area (Å²) in [5.41, 5.74) is 8.60. The van der Waals surface area contributed by atoms with Crippen molar-refractivity contribution in [3.8, 4) is 0 Å². The fourth-order valence-electron chi connectivity index (χ4n) is 2.99. The van der Waals surface area contributed by atoms with Gasteiger partial charge in [0.2, 0.25) is 11.8 Å². The number of aromatic nitrogens is 1. The van der Waals surface area contributed by atoms with Gasteiger partial charge >= 0.3 is 0 Å². The molecule has 0 aliphatic carbocycles. The van der Waals surface area contributed by atoms with Crippen molar-refractivity contribution in [1.82, 2.24) is 10.3 Å². The molecule has 2 amide bonds. The van der Waals surface area contributed by atoms with Gasteiger partial charge in [0.1, 0.15) is 6.04 Å². The molecule has 0 aliphatic rings. The number of hydrogen-bond donors (Lipinski definition) is 3. The Morgan fingerprint density at radius 3 is 2.58 bits per heavy atom. The lowest BCUT2D eigenvalue weighted by atomic mass is 10.0. The van der Waals surface area contributed by atoms with Gasteiger partial charge in [0.05, 0.1) is 0 Å². The maximum atomic E-state index is 12.2. The van der Waals surface area contributed by atoms with Crippen molar-refractivity contribution < 1.29 is 9.59 Å². The van der Waals surface area contributed by atoms with Crippen LogP contribution in [-0.4, -0.2) is 22.8 Å². The number of aryl methyl sites for hydroxylation is 1. The highest BCUT2D eigenvalue weighted by atomic mass is 16.2. The SMILES string of the molecule is NC(=O)[C@H](Cc1c[nH]c2ccccc12)NC(=O)[CH]CCc1ccccc1. The van der Waals surface area contributed by atoms with Crippen LogP contribution in [0.5, 0.6) is 0 Å². The van der Waals surface area contributed by atoms with Crippen LogP contribution in [0.4, 0.5) is 0 Å². The number of nitrogens with one attached hydrogen (secondary N) is 2. The molecule has 26 heavy (non-hydrogen) atoms. The minimum absolute atomic E-state index is 0.274. The molecule has 2 aromatic carbocycles. The van der Waals surface area contributed by atoms with E-state index in [1.54, 1.807) is 6.42 Å². The number of nitrogens with two attached hydrogens (primary N) is 1. The lowest BCUT2D eigenvalue weighted by Crippen LogP contribution is -2.45. The fourth-order valence-corrected chi connectivity index (χ4v) is 2.99. The molecule has 1 atom stereocenters. The number of rotatable bonds is 8. The molecule has 0 spiro atoms.